The third kappa shape index (κ3) is 2.03. The Kier molecular flexibility index (Phi) is 3.12. The van der Waals surface area contributed by atoms with Crippen LogP contribution in [-0.4, -0.2) is 37.0 Å². The van der Waals surface area contributed by atoms with E-state index in [1.807, 2.05) is 27.7 Å². The van der Waals surface area contributed by atoms with Gasteiger partial charge in [0.05, 0.1) is 23.0 Å². The van der Waals surface area contributed by atoms with E-state index in [0.29, 0.717) is 23.0 Å². The molecule has 0 N–H and O–H groups in total. The Morgan fingerprint density at radius 1 is 1.36 bits per heavy atom. The van der Waals surface area contributed by atoms with Crippen LogP contribution < -0.4 is 0 Å². The van der Waals surface area contributed by atoms with Gasteiger partial charge in [0.1, 0.15) is 6.33 Å². The molecule has 3 aromatic rings. The molecule has 0 spiro atoms. The second-order valence-electron chi connectivity index (χ2n) is 6.29. The van der Waals surface area contributed by atoms with Gasteiger partial charge in [0.25, 0.3) is 11.8 Å². The summed E-state index contributed by atoms with van der Waals surface area (Å²) in [5.74, 6) is 0.998. The van der Waals surface area contributed by atoms with Crippen molar-refractivity contribution >= 4 is 21.8 Å². The Morgan fingerprint density at radius 3 is 3.04 bits per heavy atom. The predicted molar refractivity (Wildman–Crippen MR) is 92.3 cm³/mol. The number of amides is 1. The van der Waals surface area contributed by atoms with E-state index in [-0.39, 0.29) is 11.9 Å². The third-order valence-electron chi connectivity index (χ3n) is 4.83. The van der Waals surface area contributed by atoms with E-state index in [2.05, 4.69) is 31.1 Å². The van der Waals surface area contributed by atoms with Gasteiger partial charge in [-0.1, -0.05) is 11.2 Å². The molecule has 0 saturated carbocycles. The van der Waals surface area contributed by atoms with Crippen LogP contribution in [0.4, 0.5) is 0 Å². The summed E-state index contributed by atoms with van der Waals surface area (Å²) in [6.07, 6.45) is 3.59. The lowest BCUT2D eigenvalue weighted by Crippen LogP contribution is -2.30. The number of hydrogen-bond acceptors (Lipinski definition) is 5. The number of halogens is 1. The van der Waals surface area contributed by atoms with E-state index >= 15 is 0 Å². The summed E-state index contributed by atoms with van der Waals surface area (Å²) in [5.41, 5.74) is 3.07. The SMILES string of the molecule is Cc1noc(-c2ncn3c2[C@@H]2CCCN2C(=O)c2c(Br)cccc2-3)n1. The molecular formula is C17H14BrN5O2. The highest BCUT2D eigenvalue weighted by Crippen LogP contribution is 2.43. The van der Waals surface area contributed by atoms with Gasteiger partial charge in [-0.15, -0.1) is 0 Å². The molecule has 5 rings (SSSR count). The normalized spacial score (nSPS) is 18.7. The summed E-state index contributed by atoms with van der Waals surface area (Å²) in [5, 5.41) is 3.88. The van der Waals surface area contributed by atoms with Crippen molar-refractivity contribution in [3.05, 3.63) is 46.1 Å². The first-order valence-corrected chi connectivity index (χ1v) is 8.92. The van der Waals surface area contributed by atoms with Crippen LogP contribution in [0.5, 0.6) is 0 Å². The van der Waals surface area contributed by atoms with Gasteiger partial charge in [0.2, 0.25) is 0 Å². The van der Waals surface area contributed by atoms with Gasteiger partial charge in [-0.25, -0.2) is 4.98 Å². The molecule has 2 aliphatic heterocycles. The fraction of sp³-hybridized carbons (Fsp3) is 0.294. The van der Waals surface area contributed by atoms with Crippen molar-refractivity contribution in [2.45, 2.75) is 25.8 Å². The minimum absolute atomic E-state index is 0.0429. The zero-order chi connectivity index (χ0) is 17.1. The maximum absolute atomic E-state index is 13.2. The van der Waals surface area contributed by atoms with Crippen LogP contribution in [0.2, 0.25) is 0 Å². The van der Waals surface area contributed by atoms with Crippen molar-refractivity contribution < 1.29 is 9.32 Å². The molecule has 1 aromatic carbocycles. The van der Waals surface area contributed by atoms with Crippen LogP contribution in [-0.2, 0) is 0 Å². The number of benzene rings is 1. The summed E-state index contributed by atoms with van der Waals surface area (Å²) in [4.78, 5) is 24.0. The maximum atomic E-state index is 13.2. The monoisotopic (exact) mass is 399 g/mol. The number of carbonyl (C=O) groups excluding carboxylic acids is 1. The van der Waals surface area contributed by atoms with Gasteiger partial charge in [-0.2, -0.15) is 4.98 Å². The topological polar surface area (TPSA) is 77.0 Å². The zero-order valence-electron chi connectivity index (χ0n) is 13.4. The average molecular weight is 400 g/mol. The van der Waals surface area contributed by atoms with Gasteiger partial charge in [0, 0.05) is 11.0 Å². The predicted octanol–water partition coefficient (Wildman–Crippen LogP) is 3.28. The molecule has 1 fully saturated rings. The van der Waals surface area contributed by atoms with Gasteiger partial charge in [-0.05, 0) is 47.8 Å². The molecule has 2 aliphatic rings. The lowest BCUT2D eigenvalue weighted by Gasteiger charge is -2.22. The smallest absolute Gasteiger partial charge is 0.278 e. The molecule has 1 atom stereocenters. The van der Waals surface area contributed by atoms with Gasteiger partial charge in [-0.3, -0.25) is 9.36 Å². The van der Waals surface area contributed by atoms with Crippen molar-refractivity contribution in [1.82, 2.24) is 24.6 Å². The van der Waals surface area contributed by atoms with Crippen LogP contribution >= 0.6 is 15.9 Å². The molecule has 4 heterocycles. The molecule has 1 saturated heterocycles. The molecule has 0 unspecified atom stereocenters. The number of aromatic nitrogens is 4. The zero-order valence-corrected chi connectivity index (χ0v) is 15.0. The standard InChI is InChI=1S/C17H14BrN5O2/c1-9-20-16(25-21-9)14-15-12-6-3-7-22(12)17(24)13-10(18)4-2-5-11(13)23(15)8-19-14/h2,4-5,8,12H,3,6-7H2,1H3/t12-/m0/s1. The molecule has 25 heavy (non-hydrogen) atoms. The minimum Gasteiger partial charge on any atom is -0.332 e. The Balaban J connectivity index is 1.82. The number of aryl methyl sites for hydroxylation is 1. The first-order valence-electron chi connectivity index (χ1n) is 8.13. The number of nitrogens with zero attached hydrogens (tertiary/aromatic N) is 5. The first kappa shape index (κ1) is 14.8. The summed E-state index contributed by atoms with van der Waals surface area (Å²) < 4.78 is 8.13. The second-order valence-corrected chi connectivity index (χ2v) is 7.14. The Hall–Kier alpha value is -2.48. The van der Waals surface area contributed by atoms with Crippen molar-refractivity contribution in [3.63, 3.8) is 0 Å². The maximum Gasteiger partial charge on any atom is 0.278 e. The highest BCUT2D eigenvalue weighted by Gasteiger charge is 2.40. The number of rotatable bonds is 1. The summed E-state index contributed by atoms with van der Waals surface area (Å²) in [6, 6.07) is 5.71. The molecule has 126 valence electrons. The van der Waals surface area contributed by atoms with Crippen LogP contribution in [0.15, 0.2) is 33.5 Å². The molecular weight excluding hydrogens is 386 g/mol. The quantitative estimate of drug-likeness (QED) is 0.627. The van der Waals surface area contributed by atoms with Gasteiger partial charge in [0.15, 0.2) is 11.5 Å². The molecule has 8 heteroatoms. The average Bonchev–Trinajstić information content (AvgIpc) is 3.30. The van der Waals surface area contributed by atoms with E-state index in [4.69, 9.17) is 4.52 Å². The van der Waals surface area contributed by atoms with Crippen molar-refractivity contribution in [2.75, 3.05) is 6.54 Å². The number of carbonyl (C=O) groups is 1. The minimum atomic E-state index is -0.0449. The number of fused-ring (bicyclic) bond motifs is 5. The van der Waals surface area contributed by atoms with E-state index in [9.17, 15) is 4.79 Å². The largest absolute Gasteiger partial charge is 0.332 e. The lowest BCUT2D eigenvalue weighted by molar-refractivity contribution is 0.0738. The summed E-state index contributed by atoms with van der Waals surface area (Å²) >= 11 is 3.54. The van der Waals surface area contributed by atoms with E-state index < -0.39 is 0 Å². The highest BCUT2D eigenvalue weighted by atomic mass is 79.9. The number of imidazole rings is 1. The molecule has 0 radical (unpaired) electrons. The van der Waals surface area contributed by atoms with Gasteiger partial charge >= 0.3 is 0 Å². The fourth-order valence-corrected chi connectivity index (χ4v) is 4.31. The number of hydrogen-bond donors (Lipinski definition) is 0. The van der Waals surface area contributed by atoms with Crippen LogP contribution in [0, 0.1) is 6.92 Å². The third-order valence-corrected chi connectivity index (χ3v) is 5.49. The van der Waals surface area contributed by atoms with E-state index in [1.54, 1.807) is 13.3 Å². The van der Waals surface area contributed by atoms with Crippen molar-refractivity contribution in [1.29, 1.82) is 0 Å². The van der Waals surface area contributed by atoms with Crippen LogP contribution in [0.3, 0.4) is 0 Å². The second kappa shape index (κ2) is 5.26. The molecule has 2 aromatic heterocycles. The molecule has 0 bridgehead atoms. The fourth-order valence-electron chi connectivity index (χ4n) is 3.79. The van der Waals surface area contributed by atoms with Crippen molar-refractivity contribution in [3.8, 4) is 17.3 Å². The van der Waals surface area contributed by atoms with E-state index in [0.717, 1.165) is 35.2 Å². The van der Waals surface area contributed by atoms with Gasteiger partial charge < -0.3 is 9.42 Å². The molecule has 7 nitrogen and oxygen atoms in total. The first-order chi connectivity index (χ1) is 12.1. The lowest BCUT2D eigenvalue weighted by atomic mass is 10.1. The Labute approximate surface area is 151 Å². The molecule has 1 amide bonds. The Morgan fingerprint density at radius 2 is 2.24 bits per heavy atom. The molecule has 0 aliphatic carbocycles. The van der Waals surface area contributed by atoms with Crippen molar-refractivity contribution in [2.24, 2.45) is 0 Å². The van der Waals surface area contributed by atoms with E-state index in [1.165, 1.54) is 0 Å². The van der Waals surface area contributed by atoms with Crippen LogP contribution in [0.25, 0.3) is 17.3 Å². The summed E-state index contributed by atoms with van der Waals surface area (Å²) in [6.45, 7) is 2.51. The van der Waals surface area contributed by atoms with Crippen LogP contribution in [0.1, 0.15) is 40.8 Å². The summed E-state index contributed by atoms with van der Waals surface area (Å²) in [7, 11) is 0. The highest BCUT2D eigenvalue weighted by molar-refractivity contribution is 9.10. The Bertz CT molecular complexity index is 1010.